The van der Waals surface area contributed by atoms with E-state index in [9.17, 15) is 19.5 Å². The molecule has 0 radical (unpaired) electrons. The molecule has 0 aromatic heterocycles. The first-order valence-electron chi connectivity index (χ1n) is 6.64. The average Bonchev–Trinajstić information content (AvgIpc) is 2.45. The van der Waals surface area contributed by atoms with Gasteiger partial charge in [0, 0.05) is 23.6 Å². The zero-order valence-electron chi connectivity index (χ0n) is 12.0. The van der Waals surface area contributed by atoms with Crippen molar-refractivity contribution >= 4 is 17.5 Å². The molecule has 0 amide bonds. The van der Waals surface area contributed by atoms with E-state index >= 15 is 0 Å². The van der Waals surface area contributed by atoms with Crippen LogP contribution in [0.1, 0.15) is 44.3 Å². The molecule has 0 aliphatic heterocycles. The summed E-state index contributed by atoms with van der Waals surface area (Å²) >= 11 is 0. The SMILES string of the molecule is CC(=O)Oc1cc2c(cc1C)C(=O)c1c(O)cccc1C2=O. The lowest BCUT2D eigenvalue weighted by Gasteiger charge is -2.19. The molecule has 1 aliphatic rings. The highest BCUT2D eigenvalue weighted by atomic mass is 16.5. The molecule has 5 heteroatoms. The first-order valence-corrected chi connectivity index (χ1v) is 6.64. The Morgan fingerprint density at radius 3 is 2.41 bits per heavy atom. The van der Waals surface area contributed by atoms with Crippen LogP contribution in [0.15, 0.2) is 30.3 Å². The van der Waals surface area contributed by atoms with Crippen molar-refractivity contribution in [3.8, 4) is 11.5 Å². The van der Waals surface area contributed by atoms with E-state index in [-0.39, 0.29) is 39.5 Å². The Balaban J connectivity index is 2.24. The van der Waals surface area contributed by atoms with Gasteiger partial charge >= 0.3 is 5.97 Å². The third-order valence-electron chi connectivity index (χ3n) is 3.57. The van der Waals surface area contributed by atoms with Crippen LogP contribution in [0.3, 0.4) is 0 Å². The predicted molar refractivity (Wildman–Crippen MR) is 77.5 cm³/mol. The van der Waals surface area contributed by atoms with Crippen molar-refractivity contribution in [2.75, 3.05) is 0 Å². The number of carbonyl (C=O) groups excluding carboxylic acids is 3. The molecule has 0 saturated carbocycles. The van der Waals surface area contributed by atoms with Gasteiger partial charge in [-0.15, -0.1) is 0 Å². The summed E-state index contributed by atoms with van der Waals surface area (Å²) in [5.41, 5.74) is 1.10. The molecule has 110 valence electrons. The molecule has 0 fully saturated rings. The summed E-state index contributed by atoms with van der Waals surface area (Å²) < 4.78 is 5.05. The lowest BCUT2D eigenvalue weighted by molar-refractivity contribution is -0.131. The number of ketones is 2. The fourth-order valence-corrected chi connectivity index (χ4v) is 2.58. The molecule has 2 aromatic rings. The van der Waals surface area contributed by atoms with Crippen LogP contribution in [-0.4, -0.2) is 22.6 Å². The first-order chi connectivity index (χ1) is 10.4. The van der Waals surface area contributed by atoms with Crippen molar-refractivity contribution in [1.29, 1.82) is 0 Å². The maximum absolute atomic E-state index is 12.6. The Bertz CT molecular complexity index is 848. The molecule has 0 atom stereocenters. The molecule has 22 heavy (non-hydrogen) atoms. The van der Waals surface area contributed by atoms with Gasteiger partial charge in [0.15, 0.2) is 11.6 Å². The van der Waals surface area contributed by atoms with E-state index in [2.05, 4.69) is 0 Å². The van der Waals surface area contributed by atoms with Crippen LogP contribution < -0.4 is 4.74 Å². The molecule has 3 rings (SSSR count). The largest absolute Gasteiger partial charge is 0.507 e. The van der Waals surface area contributed by atoms with Gasteiger partial charge < -0.3 is 9.84 Å². The van der Waals surface area contributed by atoms with Gasteiger partial charge in [0.1, 0.15) is 11.5 Å². The van der Waals surface area contributed by atoms with E-state index in [1.807, 2.05) is 0 Å². The Morgan fingerprint density at radius 2 is 1.73 bits per heavy atom. The van der Waals surface area contributed by atoms with Crippen LogP contribution in [0, 0.1) is 6.92 Å². The number of aromatic hydroxyl groups is 1. The van der Waals surface area contributed by atoms with Gasteiger partial charge in [0.25, 0.3) is 0 Å². The molecule has 0 heterocycles. The van der Waals surface area contributed by atoms with Crippen molar-refractivity contribution in [1.82, 2.24) is 0 Å². The lowest BCUT2D eigenvalue weighted by atomic mass is 9.83. The molecule has 0 spiro atoms. The molecule has 1 aliphatic carbocycles. The topological polar surface area (TPSA) is 80.7 Å². The molecular formula is C17H12O5. The highest BCUT2D eigenvalue weighted by molar-refractivity contribution is 6.29. The number of carbonyl (C=O) groups is 3. The van der Waals surface area contributed by atoms with Crippen molar-refractivity contribution in [3.05, 3.63) is 58.1 Å². The molecule has 2 aromatic carbocycles. The maximum Gasteiger partial charge on any atom is 0.308 e. The quantitative estimate of drug-likeness (QED) is 0.551. The summed E-state index contributed by atoms with van der Waals surface area (Å²) in [5.74, 6) is -1.27. The van der Waals surface area contributed by atoms with Crippen LogP contribution in [0.25, 0.3) is 0 Å². The minimum absolute atomic E-state index is 0.0136. The number of phenolic OH excluding ortho intramolecular Hbond substituents is 1. The van der Waals surface area contributed by atoms with E-state index in [4.69, 9.17) is 4.74 Å². The van der Waals surface area contributed by atoms with Crippen molar-refractivity contribution in [3.63, 3.8) is 0 Å². The number of esters is 1. The minimum Gasteiger partial charge on any atom is -0.507 e. The van der Waals surface area contributed by atoms with Gasteiger partial charge in [-0.3, -0.25) is 14.4 Å². The second-order valence-electron chi connectivity index (χ2n) is 5.11. The number of hydrogen-bond donors (Lipinski definition) is 1. The van der Waals surface area contributed by atoms with E-state index in [1.165, 1.54) is 37.3 Å². The second kappa shape index (κ2) is 4.80. The van der Waals surface area contributed by atoms with E-state index in [0.717, 1.165) is 0 Å². The molecule has 0 saturated heterocycles. The van der Waals surface area contributed by atoms with Gasteiger partial charge in [-0.25, -0.2) is 0 Å². The summed E-state index contributed by atoms with van der Waals surface area (Å²) in [6, 6.07) is 7.27. The highest BCUT2D eigenvalue weighted by Gasteiger charge is 2.32. The standard InChI is InChI=1S/C17H12O5/c1-8-6-11-12(7-14(8)22-9(2)18)16(20)10-4-3-5-13(19)15(10)17(11)21/h3-7,19H,1-2H3. The Morgan fingerprint density at radius 1 is 1.05 bits per heavy atom. The van der Waals surface area contributed by atoms with Gasteiger partial charge in [0.05, 0.1) is 5.56 Å². The second-order valence-corrected chi connectivity index (χ2v) is 5.11. The molecule has 0 unspecified atom stereocenters. The minimum atomic E-state index is -0.504. The highest BCUT2D eigenvalue weighted by Crippen LogP contribution is 2.35. The number of hydrogen-bond acceptors (Lipinski definition) is 5. The van der Waals surface area contributed by atoms with Gasteiger partial charge in [-0.05, 0) is 30.7 Å². The van der Waals surface area contributed by atoms with Crippen molar-refractivity contribution in [2.24, 2.45) is 0 Å². The Labute approximate surface area is 126 Å². The maximum atomic E-state index is 12.6. The monoisotopic (exact) mass is 296 g/mol. The number of benzene rings is 2. The molecule has 1 N–H and O–H groups in total. The van der Waals surface area contributed by atoms with Crippen molar-refractivity contribution in [2.45, 2.75) is 13.8 Å². The van der Waals surface area contributed by atoms with Crippen LogP contribution in [0.2, 0.25) is 0 Å². The number of aryl methyl sites for hydroxylation is 1. The summed E-state index contributed by atoms with van der Waals surface area (Å²) in [7, 11) is 0. The number of ether oxygens (including phenoxy) is 1. The first kappa shape index (κ1) is 14.0. The fourth-order valence-electron chi connectivity index (χ4n) is 2.58. The average molecular weight is 296 g/mol. The van der Waals surface area contributed by atoms with Gasteiger partial charge in [0.2, 0.25) is 0 Å². The normalized spacial score (nSPS) is 12.6. The van der Waals surface area contributed by atoms with Crippen molar-refractivity contribution < 1.29 is 24.2 Å². The fraction of sp³-hybridized carbons (Fsp3) is 0.118. The predicted octanol–water partition coefficient (Wildman–Crippen LogP) is 2.40. The summed E-state index contributed by atoms with van der Waals surface area (Å²) in [4.78, 5) is 36.2. The van der Waals surface area contributed by atoms with Crippen LogP contribution in [-0.2, 0) is 4.79 Å². The molecule has 0 bridgehead atoms. The van der Waals surface area contributed by atoms with Gasteiger partial charge in [-0.2, -0.15) is 0 Å². The number of rotatable bonds is 1. The third-order valence-corrected chi connectivity index (χ3v) is 3.57. The van der Waals surface area contributed by atoms with E-state index in [1.54, 1.807) is 6.92 Å². The van der Waals surface area contributed by atoms with E-state index < -0.39 is 11.8 Å². The number of phenols is 1. The zero-order chi connectivity index (χ0) is 16.0. The summed E-state index contributed by atoms with van der Waals surface area (Å²) in [6.07, 6.45) is 0. The van der Waals surface area contributed by atoms with Crippen LogP contribution in [0.4, 0.5) is 0 Å². The summed E-state index contributed by atoms with van der Waals surface area (Å²) in [6.45, 7) is 2.94. The van der Waals surface area contributed by atoms with Gasteiger partial charge in [-0.1, -0.05) is 12.1 Å². The van der Waals surface area contributed by atoms with Crippen LogP contribution >= 0.6 is 0 Å². The Hall–Kier alpha value is -2.95. The molecular weight excluding hydrogens is 284 g/mol. The van der Waals surface area contributed by atoms with E-state index in [0.29, 0.717) is 5.56 Å². The molecule has 5 nitrogen and oxygen atoms in total. The number of fused-ring (bicyclic) bond motifs is 2. The summed E-state index contributed by atoms with van der Waals surface area (Å²) in [5, 5.41) is 9.87. The third kappa shape index (κ3) is 1.98. The smallest absolute Gasteiger partial charge is 0.308 e. The lowest BCUT2D eigenvalue weighted by Crippen LogP contribution is -2.21. The Kier molecular flexibility index (Phi) is 3.06. The zero-order valence-corrected chi connectivity index (χ0v) is 12.0. The van der Waals surface area contributed by atoms with Crippen LogP contribution in [0.5, 0.6) is 11.5 Å².